The van der Waals surface area contributed by atoms with Gasteiger partial charge in [-0.25, -0.2) is 4.79 Å². The maximum Gasteiger partial charge on any atom is 0.407 e. The standard InChI is InChI=1S/C20H28N2O4.3C2H6/c1-8-14-12(3)11(2)13(4)15-16(14)18(24)22(17(15)23)10-9-21-19(25)26-20(5,6)7;3*1-2/h8-10H2,1-7H3,(H,21,25);3*1-2H3. The first-order valence-electron chi connectivity index (χ1n) is 11.9. The smallest absolute Gasteiger partial charge is 0.407 e. The van der Waals surface area contributed by atoms with E-state index < -0.39 is 11.7 Å². The van der Waals surface area contributed by atoms with Gasteiger partial charge in [-0.2, -0.15) is 0 Å². The molecule has 32 heavy (non-hydrogen) atoms. The number of nitrogens with one attached hydrogen (secondary N) is 1. The molecule has 1 aromatic carbocycles. The molecule has 1 heterocycles. The molecule has 0 radical (unpaired) electrons. The zero-order valence-corrected chi connectivity index (χ0v) is 22.7. The summed E-state index contributed by atoms with van der Waals surface area (Å²) in [4.78, 5) is 38.6. The number of rotatable bonds is 4. The minimum Gasteiger partial charge on any atom is -0.444 e. The molecule has 0 atom stereocenters. The minimum atomic E-state index is -0.595. The van der Waals surface area contributed by atoms with Gasteiger partial charge in [0.15, 0.2) is 0 Å². The van der Waals surface area contributed by atoms with Gasteiger partial charge in [-0.1, -0.05) is 48.5 Å². The van der Waals surface area contributed by atoms with E-state index in [1.807, 2.05) is 69.2 Å². The van der Waals surface area contributed by atoms with E-state index in [4.69, 9.17) is 4.74 Å². The normalized spacial score (nSPS) is 11.8. The molecule has 1 aliphatic heterocycles. The predicted octanol–water partition coefficient (Wildman–Crippen LogP) is 6.37. The van der Waals surface area contributed by atoms with Crippen LogP contribution in [0.4, 0.5) is 4.79 Å². The molecule has 0 saturated carbocycles. The van der Waals surface area contributed by atoms with Crippen molar-refractivity contribution in [3.05, 3.63) is 33.4 Å². The Bertz CT molecular complexity index is 777. The molecule has 1 N–H and O–H groups in total. The van der Waals surface area contributed by atoms with Crippen LogP contribution >= 0.6 is 0 Å². The Morgan fingerprint density at radius 2 is 1.31 bits per heavy atom. The zero-order valence-electron chi connectivity index (χ0n) is 22.7. The number of amides is 3. The number of nitrogens with zero attached hydrogens (tertiary/aromatic N) is 1. The summed E-state index contributed by atoms with van der Waals surface area (Å²) in [7, 11) is 0. The zero-order chi connectivity index (χ0) is 25.8. The molecule has 0 fully saturated rings. The van der Waals surface area contributed by atoms with Crippen LogP contribution in [-0.4, -0.2) is 41.5 Å². The molecule has 6 heteroatoms. The lowest BCUT2D eigenvalue weighted by atomic mass is 9.88. The molecule has 1 aliphatic rings. The molecular formula is C26H46N2O4. The summed E-state index contributed by atoms with van der Waals surface area (Å²) in [6.45, 7) is 25.4. The number of carbonyl (C=O) groups is 3. The molecular weight excluding hydrogens is 404 g/mol. The van der Waals surface area contributed by atoms with Crippen LogP contribution in [0.25, 0.3) is 0 Å². The monoisotopic (exact) mass is 450 g/mol. The fourth-order valence-electron chi connectivity index (χ4n) is 3.32. The largest absolute Gasteiger partial charge is 0.444 e. The third kappa shape index (κ3) is 7.64. The SMILES string of the molecule is CC.CC.CC.CCc1c(C)c(C)c(C)c2c1C(=O)N(CCNC(=O)OC(C)(C)C)C2=O. The Morgan fingerprint density at radius 3 is 1.75 bits per heavy atom. The van der Waals surface area contributed by atoms with Crippen LogP contribution in [0.3, 0.4) is 0 Å². The van der Waals surface area contributed by atoms with Crippen LogP contribution in [0.15, 0.2) is 0 Å². The molecule has 0 unspecified atom stereocenters. The summed E-state index contributed by atoms with van der Waals surface area (Å²) in [5.41, 5.74) is 4.35. The molecule has 2 rings (SSSR count). The van der Waals surface area contributed by atoms with Gasteiger partial charge < -0.3 is 10.1 Å². The van der Waals surface area contributed by atoms with Gasteiger partial charge in [0.2, 0.25) is 0 Å². The Balaban J connectivity index is 0. The van der Waals surface area contributed by atoms with Crippen LogP contribution in [-0.2, 0) is 11.2 Å². The number of benzene rings is 1. The highest BCUT2D eigenvalue weighted by molar-refractivity contribution is 6.23. The second-order valence-corrected chi connectivity index (χ2v) is 7.65. The number of imide groups is 1. The van der Waals surface area contributed by atoms with Crippen LogP contribution in [0.1, 0.15) is 112 Å². The summed E-state index contributed by atoms with van der Waals surface area (Å²) in [6, 6.07) is 0. The minimum absolute atomic E-state index is 0.117. The molecule has 0 aromatic heterocycles. The first kappa shape index (κ1) is 31.8. The Morgan fingerprint density at radius 1 is 0.844 bits per heavy atom. The van der Waals surface area contributed by atoms with Gasteiger partial charge in [0.05, 0.1) is 11.1 Å². The summed E-state index contributed by atoms with van der Waals surface area (Å²) in [5.74, 6) is -0.565. The molecule has 0 saturated heterocycles. The van der Waals surface area contributed by atoms with Crippen molar-refractivity contribution in [1.29, 1.82) is 0 Å². The van der Waals surface area contributed by atoms with Gasteiger partial charge in [-0.15, -0.1) is 0 Å². The predicted molar refractivity (Wildman–Crippen MR) is 134 cm³/mol. The Kier molecular flexibility index (Phi) is 14.6. The van der Waals surface area contributed by atoms with Gasteiger partial charge in [-0.05, 0) is 70.2 Å². The van der Waals surface area contributed by atoms with Gasteiger partial charge in [0.1, 0.15) is 5.60 Å². The van der Waals surface area contributed by atoms with Crippen LogP contribution < -0.4 is 5.32 Å². The Hall–Kier alpha value is -2.37. The highest BCUT2D eigenvalue weighted by Crippen LogP contribution is 2.34. The molecule has 1 aromatic rings. The topological polar surface area (TPSA) is 75.7 Å². The van der Waals surface area contributed by atoms with E-state index in [2.05, 4.69) is 5.32 Å². The van der Waals surface area contributed by atoms with E-state index in [0.29, 0.717) is 17.5 Å². The maximum absolute atomic E-state index is 12.9. The molecule has 0 aliphatic carbocycles. The Labute approximate surface area is 196 Å². The van der Waals surface area contributed by atoms with E-state index in [1.54, 1.807) is 20.8 Å². The summed E-state index contributed by atoms with van der Waals surface area (Å²) in [6.07, 6.45) is 0.129. The van der Waals surface area contributed by atoms with Crippen molar-refractivity contribution in [2.45, 2.75) is 102 Å². The molecule has 6 nitrogen and oxygen atoms in total. The van der Waals surface area contributed by atoms with E-state index in [0.717, 1.165) is 22.3 Å². The van der Waals surface area contributed by atoms with Crippen LogP contribution in [0.2, 0.25) is 0 Å². The molecule has 3 amide bonds. The first-order valence-corrected chi connectivity index (χ1v) is 11.9. The van der Waals surface area contributed by atoms with Crippen molar-refractivity contribution in [2.75, 3.05) is 13.1 Å². The first-order chi connectivity index (χ1) is 15.0. The number of alkyl carbamates (subject to hydrolysis) is 1. The number of hydrogen-bond donors (Lipinski definition) is 1. The highest BCUT2D eigenvalue weighted by atomic mass is 16.6. The van der Waals surface area contributed by atoms with Gasteiger partial charge in [-0.3, -0.25) is 14.5 Å². The third-order valence-electron chi connectivity index (χ3n) is 4.78. The van der Waals surface area contributed by atoms with Gasteiger partial charge in [0, 0.05) is 13.1 Å². The number of fused-ring (bicyclic) bond motifs is 1. The third-order valence-corrected chi connectivity index (χ3v) is 4.78. The van der Waals surface area contributed by atoms with Crippen molar-refractivity contribution in [1.82, 2.24) is 10.2 Å². The lowest BCUT2D eigenvalue weighted by molar-refractivity contribution is 0.0504. The lowest BCUT2D eigenvalue weighted by Gasteiger charge is -2.20. The second-order valence-electron chi connectivity index (χ2n) is 7.65. The van der Waals surface area contributed by atoms with Crippen molar-refractivity contribution in [3.8, 4) is 0 Å². The van der Waals surface area contributed by atoms with E-state index >= 15 is 0 Å². The van der Waals surface area contributed by atoms with Crippen LogP contribution in [0, 0.1) is 20.8 Å². The van der Waals surface area contributed by atoms with Gasteiger partial charge >= 0.3 is 6.09 Å². The van der Waals surface area contributed by atoms with Crippen molar-refractivity contribution >= 4 is 17.9 Å². The fourth-order valence-corrected chi connectivity index (χ4v) is 3.32. The van der Waals surface area contributed by atoms with Crippen molar-refractivity contribution in [2.24, 2.45) is 0 Å². The number of hydrogen-bond acceptors (Lipinski definition) is 4. The summed E-state index contributed by atoms with van der Waals surface area (Å²) < 4.78 is 5.17. The van der Waals surface area contributed by atoms with Gasteiger partial charge in [0.25, 0.3) is 11.8 Å². The lowest BCUT2D eigenvalue weighted by Crippen LogP contribution is -2.40. The average Bonchev–Trinajstić information content (AvgIpc) is 3.00. The fraction of sp³-hybridized carbons (Fsp3) is 0.654. The van der Waals surface area contributed by atoms with Crippen molar-refractivity contribution < 1.29 is 19.1 Å². The molecule has 0 bridgehead atoms. The quantitative estimate of drug-likeness (QED) is 0.541. The van der Waals surface area contributed by atoms with Crippen molar-refractivity contribution in [3.63, 3.8) is 0 Å². The summed E-state index contributed by atoms with van der Waals surface area (Å²) in [5, 5.41) is 2.59. The number of carbonyl (C=O) groups excluding carboxylic acids is 3. The van der Waals surface area contributed by atoms with Crippen LogP contribution in [0.5, 0.6) is 0 Å². The van der Waals surface area contributed by atoms with E-state index in [-0.39, 0.29) is 24.9 Å². The number of ether oxygens (including phenoxy) is 1. The highest BCUT2D eigenvalue weighted by Gasteiger charge is 2.39. The molecule has 0 spiro atoms. The second kappa shape index (κ2) is 14.6. The van der Waals surface area contributed by atoms with E-state index in [1.165, 1.54) is 4.90 Å². The summed E-state index contributed by atoms with van der Waals surface area (Å²) >= 11 is 0. The average molecular weight is 451 g/mol. The molecule has 184 valence electrons. The maximum atomic E-state index is 12.9. The van der Waals surface area contributed by atoms with E-state index in [9.17, 15) is 14.4 Å².